The number of amides is 1. The first-order valence-electron chi connectivity index (χ1n) is 33.7. The van der Waals surface area contributed by atoms with Crippen LogP contribution in [0.4, 0.5) is 0 Å². The first kappa shape index (κ1) is 77.5. The maximum Gasteiger partial charge on any atom is 0.306 e. The topological polar surface area (TPSA) is 114 Å². The summed E-state index contributed by atoms with van der Waals surface area (Å²) >= 11 is 0. The highest BCUT2D eigenvalue weighted by atomic mass is 31.2. The molecule has 1 amide bonds. The van der Waals surface area contributed by atoms with Gasteiger partial charge in [0, 0.05) is 12.8 Å². The fraction of sp³-hybridized carbons (Fsp3) is 0.800. The molecule has 0 aromatic rings. The van der Waals surface area contributed by atoms with E-state index in [1.54, 1.807) is 0 Å². The van der Waals surface area contributed by atoms with Gasteiger partial charge in [0.2, 0.25) is 5.91 Å². The summed E-state index contributed by atoms with van der Waals surface area (Å²) in [7, 11) is 1.16. The fourth-order valence-corrected chi connectivity index (χ4v) is 10.5. The van der Waals surface area contributed by atoms with Gasteiger partial charge in [0.15, 0.2) is 0 Å². The quantitative estimate of drug-likeness (QED) is 0.0212. The van der Waals surface area contributed by atoms with Crippen molar-refractivity contribution in [3.8, 4) is 0 Å². The van der Waals surface area contributed by atoms with Gasteiger partial charge in [0.1, 0.15) is 19.3 Å². The monoisotopic (exact) mass is 1140 g/mol. The molecule has 0 fully saturated rings. The van der Waals surface area contributed by atoms with Crippen LogP contribution in [0, 0.1) is 0 Å². The predicted octanol–water partition coefficient (Wildman–Crippen LogP) is 20.5. The van der Waals surface area contributed by atoms with Crippen LogP contribution in [0.15, 0.2) is 72.9 Å². The van der Waals surface area contributed by atoms with Gasteiger partial charge in [-0.3, -0.25) is 14.2 Å². The Morgan fingerprint density at radius 3 is 1.21 bits per heavy atom. The number of unbranched alkanes of at least 4 members (excludes halogenated alkanes) is 35. The summed E-state index contributed by atoms with van der Waals surface area (Å²) in [5.41, 5.74) is 0. The van der Waals surface area contributed by atoms with Crippen molar-refractivity contribution in [1.29, 1.82) is 0 Å². The lowest BCUT2D eigenvalue weighted by Gasteiger charge is -2.30. The largest absolute Gasteiger partial charge is 0.756 e. The van der Waals surface area contributed by atoms with Crippen LogP contribution >= 0.6 is 7.82 Å². The number of hydrogen-bond acceptors (Lipinski definition) is 7. The van der Waals surface area contributed by atoms with Gasteiger partial charge >= 0.3 is 5.97 Å². The molecular weight excluding hydrogens is 1010 g/mol. The minimum atomic E-state index is -4.71. The van der Waals surface area contributed by atoms with E-state index in [4.69, 9.17) is 13.8 Å². The number of nitrogens with zero attached hydrogens (tertiary/aromatic N) is 1. The standard InChI is InChI=1S/C70H129N2O7P/c1-7-10-13-16-19-22-25-28-30-32-34-35-36-37-39-41-43-45-48-51-54-57-60-63-70(74)79-68(61-58-55-52-49-46-27-24-21-18-15-12-9-3)67(66-78-80(75,76)77-65-64-72(4,5)6)71-69(73)62-59-56-53-50-47-44-42-40-38-33-31-29-26-23-20-17-14-11-8-2/h11,14,20,23,29,31,38,40,44,47,58,61,67-68H,7-10,12-13,15-19,21-22,24-28,30,32-37,39,41-43,45-46,48-57,59-60,62-66H2,1-6H3,(H-,71,73,75,76)/b14-11-,23-20-,31-29-,40-38-,47-44-,61-58+. The number of hydrogen-bond donors (Lipinski definition) is 1. The second-order valence-corrected chi connectivity index (χ2v) is 25.4. The van der Waals surface area contributed by atoms with Crippen molar-refractivity contribution >= 4 is 19.7 Å². The molecule has 0 aromatic carbocycles. The van der Waals surface area contributed by atoms with E-state index in [0.29, 0.717) is 17.4 Å². The molecule has 0 radical (unpaired) electrons. The third kappa shape index (κ3) is 60.1. The third-order valence-corrected chi connectivity index (χ3v) is 15.9. The first-order valence-corrected chi connectivity index (χ1v) is 35.2. The SMILES string of the molecule is CC/C=C\C/C=C\C/C=C\C/C=C\C/C=C\CCCCCC(=O)NC(COP(=O)([O-])OCC[N+](C)(C)C)C(/C=C/CCCCCCCCCCCC)OC(=O)CCCCCCCCCCCCCCCCCCCCCCCCC. The van der Waals surface area contributed by atoms with Gasteiger partial charge in [-0.15, -0.1) is 0 Å². The number of rotatable bonds is 61. The summed E-state index contributed by atoms with van der Waals surface area (Å²) in [6.45, 7) is 6.73. The van der Waals surface area contributed by atoms with Crippen LogP contribution < -0.4 is 10.2 Å². The molecule has 0 saturated carbocycles. The Labute approximate surface area is 495 Å². The molecule has 0 heterocycles. The zero-order valence-corrected chi connectivity index (χ0v) is 54.2. The van der Waals surface area contributed by atoms with E-state index in [1.807, 2.05) is 33.3 Å². The van der Waals surface area contributed by atoms with Crippen LogP contribution in [0.2, 0.25) is 0 Å². The van der Waals surface area contributed by atoms with Gasteiger partial charge < -0.3 is 28.5 Å². The van der Waals surface area contributed by atoms with E-state index in [1.165, 1.54) is 180 Å². The summed E-state index contributed by atoms with van der Waals surface area (Å²) < 4.78 is 30.4. The van der Waals surface area contributed by atoms with Gasteiger partial charge in [-0.05, 0) is 76.7 Å². The van der Waals surface area contributed by atoms with Crippen molar-refractivity contribution < 1.29 is 37.3 Å². The molecule has 1 N–H and O–H groups in total. The summed E-state index contributed by atoms with van der Waals surface area (Å²) in [6.07, 6.45) is 77.4. The minimum Gasteiger partial charge on any atom is -0.756 e. The summed E-state index contributed by atoms with van der Waals surface area (Å²) in [5.74, 6) is -0.569. The van der Waals surface area contributed by atoms with Gasteiger partial charge in [-0.1, -0.05) is 293 Å². The molecule has 0 aromatic heterocycles. The molecular formula is C70H129N2O7P. The van der Waals surface area contributed by atoms with Gasteiger partial charge in [0.25, 0.3) is 7.82 Å². The van der Waals surface area contributed by atoms with Crippen LogP contribution in [-0.2, 0) is 27.9 Å². The Hall–Kier alpha value is -2.55. The Balaban J connectivity index is 5.16. The molecule has 3 unspecified atom stereocenters. The van der Waals surface area contributed by atoms with E-state index >= 15 is 0 Å². The smallest absolute Gasteiger partial charge is 0.306 e. The molecule has 0 rings (SSSR count). The minimum absolute atomic E-state index is 0.0301. The van der Waals surface area contributed by atoms with Gasteiger partial charge in [-0.25, -0.2) is 0 Å². The molecule has 0 saturated heterocycles. The Kier molecular flexibility index (Phi) is 57.7. The molecule has 0 spiro atoms. The maximum atomic E-state index is 13.5. The van der Waals surface area contributed by atoms with Gasteiger partial charge in [-0.2, -0.15) is 0 Å². The summed E-state index contributed by atoms with van der Waals surface area (Å²) in [4.78, 5) is 40.1. The highest BCUT2D eigenvalue weighted by Gasteiger charge is 2.27. The van der Waals surface area contributed by atoms with Crippen LogP contribution in [-0.4, -0.2) is 69.4 Å². The third-order valence-electron chi connectivity index (χ3n) is 14.9. The number of phosphoric ester groups is 1. The molecule has 80 heavy (non-hydrogen) atoms. The van der Waals surface area contributed by atoms with Crippen molar-refractivity contribution in [2.24, 2.45) is 0 Å². The lowest BCUT2D eigenvalue weighted by molar-refractivity contribution is -0.870. The number of carbonyl (C=O) groups is 2. The van der Waals surface area contributed by atoms with Gasteiger partial charge in [0.05, 0.1) is 33.8 Å². The molecule has 0 aliphatic carbocycles. The molecule has 466 valence electrons. The van der Waals surface area contributed by atoms with Crippen LogP contribution in [0.5, 0.6) is 0 Å². The highest BCUT2D eigenvalue weighted by molar-refractivity contribution is 7.45. The number of esters is 1. The Morgan fingerprint density at radius 1 is 0.450 bits per heavy atom. The molecule has 0 aliphatic rings. The molecule has 10 heteroatoms. The normalized spacial score (nSPS) is 14.0. The molecule has 0 bridgehead atoms. The lowest BCUT2D eigenvalue weighted by atomic mass is 10.0. The Morgan fingerprint density at radius 2 is 0.800 bits per heavy atom. The highest BCUT2D eigenvalue weighted by Crippen LogP contribution is 2.38. The average molecular weight is 1140 g/mol. The number of ether oxygens (including phenoxy) is 1. The predicted molar refractivity (Wildman–Crippen MR) is 344 cm³/mol. The number of nitrogens with one attached hydrogen (secondary N) is 1. The zero-order chi connectivity index (χ0) is 58.6. The van der Waals surface area contributed by atoms with Crippen molar-refractivity contribution in [3.05, 3.63) is 72.9 Å². The van der Waals surface area contributed by atoms with Crippen molar-refractivity contribution in [1.82, 2.24) is 5.32 Å². The zero-order valence-electron chi connectivity index (χ0n) is 53.3. The second-order valence-electron chi connectivity index (χ2n) is 24.0. The van der Waals surface area contributed by atoms with E-state index in [2.05, 4.69) is 86.8 Å². The van der Waals surface area contributed by atoms with E-state index in [0.717, 1.165) is 89.9 Å². The maximum absolute atomic E-state index is 13.5. The van der Waals surface area contributed by atoms with Crippen molar-refractivity contribution in [2.75, 3.05) is 40.9 Å². The van der Waals surface area contributed by atoms with E-state index in [-0.39, 0.29) is 31.3 Å². The van der Waals surface area contributed by atoms with E-state index in [9.17, 15) is 19.0 Å². The fourth-order valence-electron chi connectivity index (χ4n) is 9.73. The number of carbonyl (C=O) groups excluding carboxylic acids is 2. The summed E-state index contributed by atoms with van der Waals surface area (Å²) in [5, 5.41) is 3.02. The number of quaternary nitrogens is 1. The van der Waals surface area contributed by atoms with Crippen LogP contribution in [0.25, 0.3) is 0 Å². The van der Waals surface area contributed by atoms with Crippen molar-refractivity contribution in [2.45, 2.75) is 322 Å². The average Bonchev–Trinajstić information content (AvgIpc) is 3.42. The van der Waals surface area contributed by atoms with Crippen LogP contribution in [0.3, 0.4) is 0 Å². The number of allylic oxidation sites excluding steroid dienone is 11. The Bertz CT molecular complexity index is 1600. The van der Waals surface area contributed by atoms with Crippen molar-refractivity contribution in [3.63, 3.8) is 0 Å². The number of phosphoric acid groups is 1. The molecule has 0 aliphatic heterocycles. The molecule has 9 nitrogen and oxygen atoms in total. The van der Waals surface area contributed by atoms with E-state index < -0.39 is 26.6 Å². The number of likely N-dealkylation sites (N-methyl/N-ethyl adjacent to an activating group) is 1. The first-order chi connectivity index (χ1) is 38.9. The van der Waals surface area contributed by atoms with Crippen LogP contribution in [0.1, 0.15) is 310 Å². The summed E-state index contributed by atoms with van der Waals surface area (Å²) in [6, 6.07) is -0.907. The molecule has 3 atom stereocenters. The lowest BCUT2D eigenvalue weighted by Crippen LogP contribution is -2.47. The second kappa shape index (κ2) is 59.6.